The van der Waals surface area contributed by atoms with Crippen LogP contribution in [0.5, 0.6) is 0 Å². The molecule has 0 saturated carbocycles. The molecule has 1 rings (SSSR count). The summed E-state index contributed by atoms with van der Waals surface area (Å²) in [4.78, 5) is 22.5. The summed E-state index contributed by atoms with van der Waals surface area (Å²) in [7, 11) is 1.23. The van der Waals surface area contributed by atoms with E-state index in [1.165, 1.54) is 13.2 Å². The number of ether oxygens (including phenoxy) is 2. The number of carbonyl (C=O) groups excluding carboxylic acids is 2. The number of nitrogens with one attached hydrogen (secondary N) is 3. The summed E-state index contributed by atoms with van der Waals surface area (Å²) < 4.78 is 9.37. The van der Waals surface area contributed by atoms with E-state index in [1.54, 1.807) is 26.0 Å². The van der Waals surface area contributed by atoms with Gasteiger partial charge in [0.1, 0.15) is 0 Å². The lowest BCUT2D eigenvalue weighted by molar-refractivity contribution is 0.130. The fraction of sp³-hybridized carbons (Fsp3) is 0.308. The Bertz CT molecular complexity index is 577. The summed E-state index contributed by atoms with van der Waals surface area (Å²) in [5.41, 5.74) is 7.13. The van der Waals surface area contributed by atoms with E-state index in [2.05, 4.69) is 20.7 Å². The quantitative estimate of drug-likeness (QED) is 0.497. The van der Waals surface area contributed by atoms with Crippen molar-refractivity contribution in [1.82, 2.24) is 5.32 Å². The van der Waals surface area contributed by atoms with E-state index in [9.17, 15) is 9.59 Å². The highest BCUT2D eigenvalue weighted by Gasteiger charge is 2.09. The Hall–Kier alpha value is -2.55. The summed E-state index contributed by atoms with van der Waals surface area (Å²) >= 11 is 4.92. The van der Waals surface area contributed by atoms with Crippen molar-refractivity contribution in [3.05, 3.63) is 18.2 Å². The molecule has 0 spiro atoms. The fourth-order valence-electron chi connectivity index (χ4n) is 1.41. The van der Waals surface area contributed by atoms with Crippen molar-refractivity contribution in [2.75, 3.05) is 23.5 Å². The Balaban J connectivity index is 2.67. The first kappa shape index (κ1) is 17.5. The van der Waals surface area contributed by atoms with Crippen molar-refractivity contribution in [2.24, 2.45) is 0 Å². The third kappa shape index (κ3) is 5.83. The van der Waals surface area contributed by atoms with Gasteiger partial charge in [0.15, 0.2) is 5.11 Å². The van der Waals surface area contributed by atoms with Gasteiger partial charge in [-0.2, -0.15) is 0 Å². The highest BCUT2D eigenvalue weighted by molar-refractivity contribution is 7.80. The minimum absolute atomic E-state index is 0.0403. The van der Waals surface area contributed by atoms with Gasteiger partial charge in [0.2, 0.25) is 0 Å². The number of thiocarbonyl (C=S) groups is 1. The van der Waals surface area contributed by atoms with Gasteiger partial charge in [-0.05, 0) is 44.3 Å². The van der Waals surface area contributed by atoms with E-state index >= 15 is 0 Å². The Labute approximate surface area is 133 Å². The average Bonchev–Trinajstić information content (AvgIpc) is 2.40. The number of hydrogen-bond donors (Lipinski definition) is 4. The molecule has 0 unspecified atom stereocenters. The van der Waals surface area contributed by atoms with Gasteiger partial charge in [-0.25, -0.2) is 9.59 Å². The van der Waals surface area contributed by atoms with E-state index in [1.807, 2.05) is 0 Å². The number of alkyl carbamates (subject to hydrolysis) is 1. The number of carbonyl (C=O) groups is 2. The summed E-state index contributed by atoms with van der Waals surface area (Å²) in [5, 5.41) is 7.61. The van der Waals surface area contributed by atoms with Crippen LogP contribution in [-0.2, 0) is 9.47 Å². The topological polar surface area (TPSA) is 115 Å². The normalized spacial score (nSPS) is 9.82. The first-order valence-corrected chi connectivity index (χ1v) is 6.75. The van der Waals surface area contributed by atoms with Crippen molar-refractivity contribution in [3.8, 4) is 0 Å². The maximum Gasteiger partial charge on any atom is 0.413 e. The van der Waals surface area contributed by atoms with Crippen LogP contribution in [0.15, 0.2) is 18.2 Å². The second kappa shape index (κ2) is 8.03. The van der Waals surface area contributed by atoms with Crippen LogP contribution in [0.2, 0.25) is 0 Å². The van der Waals surface area contributed by atoms with Crippen molar-refractivity contribution in [3.63, 3.8) is 0 Å². The summed E-state index contributed by atoms with van der Waals surface area (Å²) in [6.45, 7) is 3.49. The molecule has 0 aliphatic heterocycles. The van der Waals surface area contributed by atoms with Crippen LogP contribution in [0.1, 0.15) is 13.8 Å². The van der Waals surface area contributed by atoms with Crippen molar-refractivity contribution < 1.29 is 19.1 Å². The van der Waals surface area contributed by atoms with E-state index in [-0.39, 0.29) is 11.2 Å². The van der Waals surface area contributed by atoms with Crippen molar-refractivity contribution in [2.45, 2.75) is 20.0 Å². The van der Waals surface area contributed by atoms with Crippen LogP contribution in [0.4, 0.5) is 26.7 Å². The second-order valence-corrected chi connectivity index (χ2v) is 4.86. The Morgan fingerprint density at radius 1 is 1.23 bits per heavy atom. The molecule has 0 saturated heterocycles. The van der Waals surface area contributed by atoms with Gasteiger partial charge in [0.05, 0.1) is 24.6 Å². The standard InChI is InChI=1S/C13H18N4O4S/c1-7(2)21-13(19)15-8-4-5-10(9(14)6-8)16-11(22)17-12(18)20-3/h4-7H,14H2,1-3H3,(H,15,19)(H2,16,17,18,22). The van der Waals surface area contributed by atoms with Crippen LogP contribution >= 0.6 is 12.2 Å². The number of nitrogens with two attached hydrogens (primary N) is 1. The number of benzene rings is 1. The third-order valence-electron chi connectivity index (χ3n) is 2.29. The molecular formula is C13H18N4O4S. The van der Waals surface area contributed by atoms with Gasteiger partial charge >= 0.3 is 12.2 Å². The predicted molar refractivity (Wildman–Crippen MR) is 87.9 cm³/mol. The first-order chi connectivity index (χ1) is 10.3. The smallest absolute Gasteiger partial charge is 0.413 e. The van der Waals surface area contributed by atoms with Crippen LogP contribution < -0.4 is 21.7 Å². The number of hydrogen-bond acceptors (Lipinski definition) is 6. The fourth-order valence-corrected chi connectivity index (χ4v) is 1.61. The number of nitrogen functional groups attached to an aromatic ring is 1. The second-order valence-electron chi connectivity index (χ2n) is 4.45. The molecule has 120 valence electrons. The van der Waals surface area contributed by atoms with Crippen molar-refractivity contribution in [1.29, 1.82) is 0 Å². The molecule has 8 nitrogen and oxygen atoms in total. The zero-order valence-electron chi connectivity index (χ0n) is 12.4. The predicted octanol–water partition coefficient (Wildman–Crippen LogP) is 2.28. The highest BCUT2D eigenvalue weighted by atomic mass is 32.1. The SMILES string of the molecule is COC(=O)NC(=S)Nc1ccc(NC(=O)OC(C)C)cc1N. The highest BCUT2D eigenvalue weighted by Crippen LogP contribution is 2.23. The van der Waals surface area contributed by atoms with E-state index in [0.29, 0.717) is 17.1 Å². The molecule has 0 aromatic heterocycles. The third-order valence-corrected chi connectivity index (χ3v) is 2.49. The number of rotatable bonds is 3. The maximum absolute atomic E-state index is 11.5. The number of amides is 2. The van der Waals surface area contributed by atoms with Gasteiger partial charge in [-0.1, -0.05) is 0 Å². The minimum atomic E-state index is -0.689. The van der Waals surface area contributed by atoms with Crippen molar-refractivity contribution >= 4 is 46.6 Å². The van der Waals surface area contributed by atoms with Crippen LogP contribution in [-0.4, -0.2) is 30.5 Å². The lowest BCUT2D eigenvalue weighted by atomic mass is 10.2. The molecule has 1 aromatic rings. The van der Waals surface area contributed by atoms with Crippen LogP contribution in [0.3, 0.4) is 0 Å². The first-order valence-electron chi connectivity index (χ1n) is 6.35. The maximum atomic E-state index is 11.5. The molecule has 1 aromatic carbocycles. The molecule has 9 heteroatoms. The van der Waals surface area contributed by atoms with Gasteiger partial charge < -0.3 is 20.5 Å². The molecule has 0 bridgehead atoms. The Morgan fingerprint density at radius 2 is 1.91 bits per heavy atom. The molecule has 0 aliphatic carbocycles. The molecule has 0 aliphatic rings. The summed E-state index contributed by atoms with van der Waals surface area (Å²) in [6, 6.07) is 4.75. The van der Waals surface area contributed by atoms with E-state index in [0.717, 1.165) is 0 Å². The number of methoxy groups -OCH3 is 1. The lowest BCUT2D eigenvalue weighted by Crippen LogP contribution is -2.34. The van der Waals surface area contributed by atoms with Gasteiger partial charge in [0.25, 0.3) is 0 Å². The van der Waals surface area contributed by atoms with Gasteiger partial charge in [-0.15, -0.1) is 0 Å². The van der Waals surface area contributed by atoms with E-state index in [4.69, 9.17) is 22.7 Å². The summed E-state index contributed by atoms with van der Waals surface area (Å²) in [6.07, 6.45) is -1.48. The molecule has 0 radical (unpaired) electrons. The van der Waals surface area contributed by atoms with E-state index < -0.39 is 12.2 Å². The molecule has 22 heavy (non-hydrogen) atoms. The minimum Gasteiger partial charge on any atom is -0.453 e. The Kier molecular flexibility index (Phi) is 6.39. The Morgan fingerprint density at radius 3 is 2.45 bits per heavy atom. The molecule has 5 N–H and O–H groups in total. The zero-order valence-corrected chi connectivity index (χ0v) is 13.2. The summed E-state index contributed by atoms with van der Waals surface area (Å²) in [5.74, 6) is 0. The molecular weight excluding hydrogens is 308 g/mol. The molecule has 0 heterocycles. The average molecular weight is 326 g/mol. The van der Waals surface area contributed by atoms with Gasteiger partial charge in [0, 0.05) is 5.69 Å². The van der Waals surface area contributed by atoms with Crippen LogP contribution in [0.25, 0.3) is 0 Å². The largest absolute Gasteiger partial charge is 0.453 e. The monoisotopic (exact) mass is 326 g/mol. The number of anilines is 3. The molecule has 0 atom stereocenters. The molecule has 2 amide bonds. The molecule has 0 fully saturated rings. The lowest BCUT2D eigenvalue weighted by Gasteiger charge is -2.13. The zero-order chi connectivity index (χ0) is 16.7. The van der Waals surface area contributed by atoms with Crippen LogP contribution in [0, 0.1) is 0 Å². The van der Waals surface area contributed by atoms with Gasteiger partial charge in [-0.3, -0.25) is 10.6 Å².